The summed E-state index contributed by atoms with van der Waals surface area (Å²) >= 11 is 0. The molecule has 0 amide bonds. The average Bonchev–Trinajstić information content (AvgIpc) is 2.32. The molecule has 12 heteroatoms. The van der Waals surface area contributed by atoms with Crippen molar-refractivity contribution in [2.45, 2.75) is 50.6 Å². The van der Waals surface area contributed by atoms with Gasteiger partial charge in [-0.3, -0.25) is 0 Å². The van der Waals surface area contributed by atoms with E-state index in [-0.39, 0.29) is 42.5 Å². The van der Waals surface area contributed by atoms with Crippen LogP contribution in [-0.2, 0) is 36.2 Å². The molecule has 8 N–H and O–H groups in total. The summed E-state index contributed by atoms with van der Waals surface area (Å²) in [6.07, 6.45) is -3.91. The van der Waals surface area contributed by atoms with Gasteiger partial charge in [0.05, 0.1) is 5.66 Å². The first kappa shape index (κ1) is 26.5. The van der Waals surface area contributed by atoms with Crippen molar-refractivity contribution in [2.24, 2.45) is 22.3 Å². The van der Waals surface area contributed by atoms with Crippen molar-refractivity contribution in [2.75, 3.05) is 0 Å². The second kappa shape index (κ2) is 9.28. The molecule has 0 unspecified atom stereocenters. The van der Waals surface area contributed by atoms with Crippen LogP contribution in [0.4, 0.5) is 0 Å². The number of hydrogen-bond acceptors (Lipinski definition) is 10. The van der Waals surface area contributed by atoms with E-state index < -0.39 is 66.1 Å². The zero-order chi connectivity index (χ0) is 18.8. The van der Waals surface area contributed by atoms with Gasteiger partial charge in [0.25, 0.3) is 0 Å². The van der Waals surface area contributed by atoms with Crippen LogP contribution in [0, 0.1) is 10.8 Å². The zero-order valence-electron chi connectivity index (χ0n) is 14.2. The van der Waals surface area contributed by atoms with Gasteiger partial charge in [-0.2, -0.15) is 0 Å². The zero-order valence-corrected chi connectivity index (χ0v) is 15.3. The summed E-state index contributed by atoms with van der Waals surface area (Å²) in [5.74, 6) is -6.84. The van der Waals surface area contributed by atoms with Crippen LogP contribution in [-0.4, -0.2) is 29.5 Å². The molecule has 1 rings (SSSR count). The first-order valence-electron chi connectivity index (χ1n) is 7.25. The van der Waals surface area contributed by atoms with Crippen LogP contribution >= 0.6 is 0 Å². The Labute approximate surface area is 160 Å². The molecule has 0 saturated heterocycles. The Hall–Kier alpha value is -1.72. The predicted molar refractivity (Wildman–Crippen MR) is 74.3 cm³/mol. The maximum absolute atomic E-state index is 11.2. The van der Waals surface area contributed by atoms with Crippen LogP contribution in [0.1, 0.15) is 44.9 Å². The molecular weight excluding hydrogens is 394 g/mol. The minimum Gasteiger partial charge on any atom is -0.550 e. The summed E-state index contributed by atoms with van der Waals surface area (Å²) in [4.78, 5) is 44.9. The van der Waals surface area contributed by atoms with Crippen molar-refractivity contribution in [3.63, 3.8) is 0 Å². The monoisotopic (exact) mass is 416 g/mol. The largest absolute Gasteiger partial charge is 3.00 e. The number of aliphatic carboxylic acids is 4. The molecule has 1 saturated carbocycles. The summed E-state index contributed by atoms with van der Waals surface area (Å²) in [7, 11) is 0. The number of nitrogens with two attached hydrogens (primary N) is 2. The summed E-state index contributed by atoms with van der Waals surface area (Å²) < 4.78 is 0. The van der Waals surface area contributed by atoms with Crippen molar-refractivity contribution in [1.82, 2.24) is 6.15 Å². The molecule has 26 heavy (non-hydrogen) atoms. The SMILES string of the molecule is NC1(N)CCCC(CC(=O)[O-])(CC(=O)[O-])C1(CC(=O)[O-])CC(=O)[O-].[Fe+3].[NH4+]. The van der Waals surface area contributed by atoms with Gasteiger partial charge in [-0.15, -0.1) is 0 Å². The Morgan fingerprint density at radius 1 is 0.731 bits per heavy atom. The molecule has 1 aliphatic carbocycles. The molecule has 1 fully saturated rings. The fourth-order valence-corrected chi connectivity index (χ4v) is 4.08. The van der Waals surface area contributed by atoms with E-state index in [0.717, 1.165) is 0 Å². The summed E-state index contributed by atoms with van der Waals surface area (Å²) in [6, 6.07) is 0. The van der Waals surface area contributed by atoms with Gasteiger partial charge in [-0.05, 0) is 50.4 Å². The molecule has 1 aliphatic rings. The van der Waals surface area contributed by atoms with Gasteiger partial charge >= 0.3 is 17.1 Å². The van der Waals surface area contributed by atoms with Gasteiger partial charge in [0.1, 0.15) is 0 Å². The smallest absolute Gasteiger partial charge is 0.550 e. The number of hydrogen-bond donors (Lipinski definition) is 3. The minimum atomic E-state index is -2.12. The third-order valence-electron chi connectivity index (χ3n) is 5.01. The predicted octanol–water partition coefficient (Wildman–Crippen LogP) is -5.31. The van der Waals surface area contributed by atoms with Crippen LogP contribution < -0.4 is 38.0 Å². The normalized spacial score (nSPS) is 19.3. The third-order valence-corrected chi connectivity index (χ3v) is 5.01. The number of quaternary nitrogens is 1. The van der Waals surface area contributed by atoms with Gasteiger partial charge in [0.15, 0.2) is 0 Å². The van der Waals surface area contributed by atoms with E-state index in [9.17, 15) is 39.6 Å². The van der Waals surface area contributed by atoms with Crippen molar-refractivity contribution in [3.8, 4) is 0 Å². The van der Waals surface area contributed by atoms with E-state index >= 15 is 0 Å². The maximum atomic E-state index is 11.2. The van der Waals surface area contributed by atoms with E-state index in [0.29, 0.717) is 0 Å². The molecule has 0 aromatic carbocycles. The number of carboxylic acid groups (broad SMARTS) is 4. The van der Waals surface area contributed by atoms with E-state index in [4.69, 9.17) is 11.5 Å². The van der Waals surface area contributed by atoms with Crippen molar-refractivity contribution >= 4 is 23.9 Å². The van der Waals surface area contributed by atoms with Crippen LogP contribution in [0.15, 0.2) is 0 Å². The molecular formula is C14H22FeN3O8. The van der Waals surface area contributed by atoms with Gasteiger partial charge in [-0.25, -0.2) is 0 Å². The first-order valence-corrected chi connectivity index (χ1v) is 7.25. The van der Waals surface area contributed by atoms with Crippen LogP contribution in [0.3, 0.4) is 0 Å². The van der Waals surface area contributed by atoms with Crippen LogP contribution in [0.5, 0.6) is 0 Å². The van der Waals surface area contributed by atoms with E-state index in [1.807, 2.05) is 0 Å². The topological polar surface area (TPSA) is 249 Å². The molecule has 0 aliphatic heterocycles. The second-order valence-corrected chi connectivity index (χ2v) is 6.45. The molecule has 149 valence electrons. The summed E-state index contributed by atoms with van der Waals surface area (Å²) in [5, 5.41) is 44.9. The number of carboxylic acids is 4. The third kappa shape index (κ3) is 5.15. The standard InChI is InChI=1S/C14H22N2O8.Fe.H3N/c15-14(16)3-1-2-12(4-8(17)18,5-9(19)20)13(14,6-10(21)22)7-11(23)24;;/h1-7,15-16H2,(H,17,18)(H,19,20)(H,21,22)(H,23,24);;1H3/q;+3;/p-3. The maximum Gasteiger partial charge on any atom is 3.00 e. The Balaban J connectivity index is 0. The Morgan fingerprint density at radius 3 is 1.38 bits per heavy atom. The van der Waals surface area contributed by atoms with Gasteiger partial charge in [-0.1, -0.05) is 0 Å². The van der Waals surface area contributed by atoms with Gasteiger partial charge < -0.3 is 57.2 Å². The van der Waals surface area contributed by atoms with Crippen molar-refractivity contribution < 1.29 is 56.7 Å². The Kier molecular flexibility index (Phi) is 9.47. The quantitative estimate of drug-likeness (QED) is 0.250. The van der Waals surface area contributed by atoms with Crippen molar-refractivity contribution in [3.05, 3.63) is 0 Å². The van der Waals surface area contributed by atoms with Gasteiger partial charge in [0.2, 0.25) is 0 Å². The fourth-order valence-electron chi connectivity index (χ4n) is 4.08. The number of rotatable bonds is 8. The minimum absolute atomic E-state index is 0. The molecule has 1 radical (unpaired) electrons. The molecule has 0 spiro atoms. The Bertz CT molecular complexity index is 534. The number of carbonyl (C=O) groups excluding carboxylic acids is 4. The van der Waals surface area contributed by atoms with E-state index in [1.54, 1.807) is 0 Å². The Morgan fingerprint density at radius 2 is 1.08 bits per heavy atom. The molecule has 11 nitrogen and oxygen atoms in total. The summed E-state index contributed by atoms with van der Waals surface area (Å²) in [5.41, 5.74) is 5.94. The molecule has 0 aromatic rings. The molecule has 0 heterocycles. The summed E-state index contributed by atoms with van der Waals surface area (Å²) in [6.45, 7) is 0. The second-order valence-electron chi connectivity index (χ2n) is 6.45. The van der Waals surface area contributed by atoms with E-state index in [1.165, 1.54) is 0 Å². The molecule has 0 aromatic heterocycles. The number of carbonyl (C=O) groups is 4. The fraction of sp³-hybridized carbons (Fsp3) is 0.714. The average molecular weight is 416 g/mol. The van der Waals surface area contributed by atoms with Gasteiger partial charge in [0, 0.05) is 29.3 Å². The molecule has 0 atom stereocenters. The van der Waals surface area contributed by atoms with Crippen LogP contribution in [0.25, 0.3) is 0 Å². The van der Waals surface area contributed by atoms with E-state index in [2.05, 4.69) is 0 Å². The van der Waals surface area contributed by atoms with Crippen LogP contribution in [0.2, 0.25) is 0 Å². The first-order chi connectivity index (χ1) is 10.9. The van der Waals surface area contributed by atoms with Crippen molar-refractivity contribution in [1.29, 1.82) is 0 Å². The molecule has 0 bridgehead atoms.